The van der Waals surface area contributed by atoms with E-state index in [-0.39, 0.29) is 30.9 Å². The zero-order valence-electron chi connectivity index (χ0n) is 13.5. The van der Waals surface area contributed by atoms with Crippen molar-refractivity contribution >= 4 is 24.8 Å². The van der Waals surface area contributed by atoms with Crippen molar-refractivity contribution in [1.82, 2.24) is 10.2 Å². The standard InChI is InChI=1S/C16H22F4N2.2ClH/c1-2-3-4-15(22-9-7-21-8-10-22)13-6-5-12(11-14(13)17)16(18,19)20;;/h5-6,11,15,21H,2-4,7-10H2,1H3;2*1H/t15-;;/m1../s1. The van der Waals surface area contributed by atoms with E-state index in [2.05, 4.69) is 17.1 Å². The molecule has 0 radical (unpaired) electrons. The molecule has 1 saturated heterocycles. The third kappa shape index (κ3) is 6.06. The molecule has 0 saturated carbocycles. The van der Waals surface area contributed by atoms with E-state index < -0.39 is 17.6 Å². The highest BCUT2D eigenvalue weighted by Gasteiger charge is 2.32. The van der Waals surface area contributed by atoms with Gasteiger partial charge in [0.05, 0.1) is 5.56 Å². The third-order valence-electron chi connectivity index (χ3n) is 4.11. The average molecular weight is 391 g/mol. The highest BCUT2D eigenvalue weighted by molar-refractivity contribution is 5.85. The summed E-state index contributed by atoms with van der Waals surface area (Å²) in [5.41, 5.74) is -0.549. The van der Waals surface area contributed by atoms with Crippen LogP contribution in [-0.4, -0.2) is 31.1 Å². The molecule has 1 aromatic rings. The molecular weight excluding hydrogens is 367 g/mol. The molecular formula is C16H24Cl2F4N2. The topological polar surface area (TPSA) is 15.3 Å². The number of rotatable bonds is 5. The molecule has 8 heteroatoms. The SMILES string of the molecule is CCCC[C@H](c1ccc(C(F)(F)F)cc1F)N1CCNCC1.Cl.Cl. The molecule has 0 amide bonds. The molecule has 1 heterocycles. The van der Waals surface area contributed by atoms with Crippen LogP contribution in [0.15, 0.2) is 18.2 Å². The van der Waals surface area contributed by atoms with Crippen LogP contribution in [0.2, 0.25) is 0 Å². The number of piperazine rings is 1. The van der Waals surface area contributed by atoms with Gasteiger partial charge in [-0.2, -0.15) is 13.2 Å². The normalized spacial score (nSPS) is 16.9. The Morgan fingerprint density at radius 3 is 2.29 bits per heavy atom. The number of nitrogens with zero attached hydrogens (tertiary/aromatic N) is 1. The molecule has 1 aromatic carbocycles. The van der Waals surface area contributed by atoms with Gasteiger partial charge in [0.15, 0.2) is 0 Å². The Hall–Kier alpha value is -0.560. The lowest BCUT2D eigenvalue weighted by Crippen LogP contribution is -2.45. The van der Waals surface area contributed by atoms with Crippen LogP contribution in [0.3, 0.4) is 0 Å². The number of unbranched alkanes of at least 4 members (excludes halogenated alkanes) is 1. The van der Waals surface area contributed by atoms with Crippen LogP contribution in [-0.2, 0) is 6.18 Å². The Morgan fingerprint density at radius 2 is 1.79 bits per heavy atom. The molecule has 2 nitrogen and oxygen atoms in total. The van der Waals surface area contributed by atoms with Gasteiger partial charge < -0.3 is 5.32 Å². The smallest absolute Gasteiger partial charge is 0.314 e. The minimum absolute atomic E-state index is 0. The summed E-state index contributed by atoms with van der Waals surface area (Å²) in [6.45, 7) is 5.28. The number of halogens is 6. The van der Waals surface area contributed by atoms with Gasteiger partial charge >= 0.3 is 6.18 Å². The first kappa shape index (κ1) is 23.4. The van der Waals surface area contributed by atoms with Crippen molar-refractivity contribution in [1.29, 1.82) is 0 Å². The van der Waals surface area contributed by atoms with Crippen LogP contribution in [0.25, 0.3) is 0 Å². The summed E-state index contributed by atoms with van der Waals surface area (Å²) in [5, 5.41) is 3.24. The van der Waals surface area contributed by atoms with E-state index in [1.807, 2.05) is 0 Å². The zero-order valence-corrected chi connectivity index (χ0v) is 15.2. The number of alkyl halides is 3. The van der Waals surface area contributed by atoms with Crippen molar-refractivity contribution in [2.45, 2.75) is 38.4 Å². The van der Waals surface area contributed by atoms with Gasteiger partial charge in [-0.3, -0.25) is 4.90 Å². The van der Waals surface area contributed by atoms with E-state index in [1.165, 1.54) is 6.07 Å². The van der Waals surface area contributed by atoms with Crippen molar-refractivity contribution < 1.29 is 17.6 Å². The maximum absolute atomic E-state index is 14.3. The number of benzene rings is 1. The fourth-order valence-electron chi connectivity index (χ4n) is 2.90. The Labute approximate surface area is 152 Å². The van der Waals surface area contributed by atoms with Crippen LogP contribution in [0, 0.1) is 5.82 Å². The zero-order chi connectivity index (χ0) is 16.2. The molecule has 1 atom stereocenters. The molecule has 1 N–H and O–H groups in total. The van der Waals surface area contributed by atoms with Gasteiger partial charge in [0.2, 0.25) is 0 Å². The molecule has 2 rings (SSSR count). The quantitative estimate of drug-likeness (QED) is 0.724. The number of hydrogen-bond acceptors (Lipinski definition) is 2. The molecule has 1 fully saturated rings. The van der Waals surface area contributed by atoms with Crippen molar-refractivity contribution in [3.05, 3.63) is 35.1 Å². The molecule has 0 bridgehead atoms. The first-order valence-corrected chi connectivity index (χ1v) is 7.75. The summed E-state index contributed by atoms with van der Waals surface area (Å²) in [6.07, 6.45) is -1.84. The van der Waals surface area contributed by atoms with Crippen LogP contribution in [0.4, 0.5) is 17.6 Å². The Morgan fingerprint density at radius 1 is 1.17 bits per heavy atom. The summed E-state index contributed by atoms with van der Waals surface area (Å²) < 4.78 is 52.3. The van der Waals surface area contributed by atoms with Crippen LogP contribution >= 0.6 is 24.8 Å². The third-order valence-corrected chi connectivity index (χ3v) is 4.11. The van der Waals surface area contributed by atoms with Crippen LogP contribution < -0.4 is 5.32 Å². The molecule has 1 aliphatic rings. The first-order chi connectivity index (χ1) is 10.4. The maximum Gasteiger partial charge on any atom is 0.416 e. The van der Waals surface area contributed by atoms with Gasteiger partial charge in [-0.15, -0.1) is 24.8 Å². The predicted molar refractivity (Wildman–Crippen MR) is 92.6 cm³/mol. The van der Waals surface area contributed by atoms with Gasteiger partial charge in [-0.25, -0.2) is 4.39 Å². The lowest BCUT2D eigenvalue weighted by molar-refractivity contribution is -0.137. The Bertz CT molecular complexity index is 491. The second-order valence-electron chi connectivity index (χ2n) is 5.68. The lowest BCUT2D eigenvalue weighted by atomic mass is 9.97. The second kappa shape index (κ2) is 10.4. The lowest BCUT2D eigenvalue weighted by Gasteiger charge is -2.35. The fourth-order valence-corrected chi connectivity index (χ4v) is 2.90. The molecule has 24 heavy (non-hydrogen) atoms. The van der Waals surface area contributed by atoms with Gasteiger partial charge in [0, 0.05) is 37.8 Å². The van der Waals surface area contributed by atoms with Crippen molar-refractivity contribution in [3.63, 3.8) is 0 Å². The summed E-state index contributed by atoms with van der Waals surface area (Å²) in [5.74, 6) is -0.755. The van der Waals surface area contributed by atoms with E-state index in [0.717, 1.165) is 51.5 Å². The molecule has 1 aliphatic heterocycles. The molecule has 140 valence electrons. The van der Waals surface area contributed by atoms with Crippen LogP contribution in [0.1, 0.15) is 43.4 Å². The summed E-state index contributed by atoms with van der Waals surface area (Å²) in [7, 11) is 0. The highest BCUT2D eigenvalue weighted by Crippen LogP contribution is 2.34. The molecule has 0 spiro atoms. The first-order valence-electron chi connectivity index (χ1n) is 7.75. The summed E-state index contributed by atoms with van der Waals surface area (Å²) in [6, 6.07) is 2.76. The van der Waals surface area contributed by atoms with Crippen molar-refractivity contribution in [2.24, 2.45) is 0 Å². The van der Waals surface area contributed by atoms with E-state index in [0.29, 0.717) is 11.6 Å². The number of nitrogens with one attached hydrogen (secondary N) is 1. The number of hydrogen-bond donors (Lipinski definition) is 1. The van der Waals surface area contributed by atoms with Gasteiger partial charge in [-0.05, 0) is 18.6 Å². The minimum Gasteiger partial charge on any atom is -0.314 e. The van der Waals surface area contributed by atoms with Gasteiger partial charge in [0.1, 0.15) is 5.82 Å². The Balaban J connectivity index is 0.00000264. The largest absolute Gasteiger partial charge is 0.416 e. The summed E-state index contributed by atoms with van der Waals surface area (Å²) >= 11 is 0. The van der Waals surface area contributed by atoms with E-state index in [1.54, 1.807) is 0 Å². The Kier molecular flexibility index (Phi) is 10.2. The maximum atomic E-state index is 14.3. The minimum atomic E-state index is -4.51. The van der Waals surface area contributed by atoms with E-state index in [9.17, 15) is 17.6 Å². The predicted octanol–water partition coefficient (Wildman–Crippen LogP) is 4.82. The van der Waals surface area contributed by atoms with E-state index >= 15 is 0 Å². The van der Waals surface area contributed by atoms with Crippen molar-refractivity contribution in [2.75, 3.05) is 26.2 Å². The molecule has 0 aliphatic carbocycles. The molecule has 0 aromatic heterocycles. The average Bonchev–Trinajstić information content (AvgIpc) is 2.49. The van der Waals surface area contributed by atoms with Crippen LogP contribution in [0.5, 0.6) is 0 Å². The van der Waals surface area contributed by atoms with Crippen molar-refractivity contribution in [3.8, 4) is 0 Å². The summed E-state index contributed by atoms with van der Waals surface area (Å²) in [4.78, 5) is 2.16. The van der Waals surface area contributed by atoms with Gasteiger partial charge in [-0.1, -0.05) is 25.8 Å². The monoisotopic (exact) mass is 390 g/mol. The van der Waals surface area contributed by atoms with E-state index in [4.69, 9.17) is 0 Å². The second-order valence-corrected chi connectivity index (χ2v) is 5.68. The molecule has 0 unspecified atom stereocenters. The highest BCUT2D eigenvalue weighted by atomic mass is 35.5. The fraction of sp³-hybridized carbons (Fsp3) is 0.625. The van der Waals surface area contributed by atoms with Gasteiger partial charge in [0.25, 0.3) is 0 Å².